The molecule has 2 rings (SSSR count). The molecule has 2 aromatic carbocycles. The Morgan fingerprint density at radius 2 is 2.00 bits per heavy atom. The first-order valence-electron chi connectivity index (χ1n) is 6.08. The minimum atomic E-state index is -0.581. The monoisotopic (exact) mass is 291 g/mol. The molecule has 0 atom stereocenters. The van der Waals surface area contributed by atoms with E-state index in [1.807, 2.05) is 18.2 Å². The molecular formula is C15H14ClNO3. The van der Waals surface area contributed by atoms with Crippen molar-refractivity contribution in [1.82, 2.24) is 0 Å². The zero-order chi connectivity index (χ0) is 14.5. The van der Waals surface area contributed by atoms with Gasteiger partial charge in [0.15, 0.2) is 0 Å². The predicted octanol–water partition coefficient (Wildman–Crippen LogP) is 2.77. The summed E-state index contributed by atoms with van der Waals surface area (Å²) in [5.41, 5.74) is 6.33. The van der Waals surface area contributed by atoms with Crippen LogP contribution in [0.25, 0.3) is 0 Å². The average Bonchev–Trinajstić information content (AvgIpc) is 2.41. The van der Waals surface area contributed by atoms with Crippen molar-refractivity contribution < 1.29 is 14.6 Å². The zero-order valence-corrected chi connectivity index (χ0v) is 11.4. The van der Waals surface area contributed by atoms with E-state index in [2.05, 4.69) is 0 Å². The number of aliphatic hydroxyl groups excluding tert-OH is 1. The van der Waals surface area contributed by atoms with Crippen molar-refractivity contribution in [3.63, 3.8) is 0 Å². The number of rotatable bonds is 5. The Bertz CT molecular complexity index is 628. The van der Waals surface area contributed by atoms with E-state index in [9.17, 15) is 4.79 Å². The lowest BCUT2D eigenvalue weighted by Gasteiger charge is -2.11. The van der Waals surface area contributed by atoms with Gasteiger partial charge in [0.25, 0.3) is 0 Å². The van der Waals surface area contributed by atoms with Gasteiger partial charge in [-0.05, 0) is 30.2 Å². The summed E-state index contributed by atoms with van der Waals surface area (Å²) in [6.07, 6.45) is 0.503. The molecule has 4 nitrogen and oxygen atoms in total. The molecule has 0 aromatic heterocycles. The minimum absolute atomic E-state index is 0.0434. The molecule has 0 heterocycles. The van der Waals surface area contributed by atoms with Gasteiger partial charge in [-0.1, -0.05) is 29.8 Å². The summed E-state index contributed by atoms with van der Waals surface area (Å²) in [6, 6.07) is 12.1. The fraction of sp³-hybridized carbons (Fsp3) is 0.133. The lowest BCUT2D eigenvalue weighted by molar-refractivity contribution is 0.100. The van der Waals surface area contributed by atoms with Gasteiger partial charge >= 0.3 is 0 Å². The van der Waals surface area contributed by atoms with E-state index >= 15 is 0 Å². The molecule has 0 saturated heterocycles. The van der Waals surface area contributed by atoms with Gasteiger partial charge < -0.3 is 15.6 Å². The highest BCUT2D eigenvalue weighted by atomic mass is 35.5. The summed E-state index contributed by atoms with van der Waals surface area (Å²) in [5, 5.41) is 9.27. The summed E-state index contributed by atoms with van der Waals surface area (Å²) in [6.45, 7) is 0.0434. The molecule has 0 unspecified atom stereocenters. The Labute approximate surface area is 121 Å². The summed E-state index contributed by atoms with van der Waals surface area (Å²) in [7, 11) is 0. The van der Waals surface area contributed by atoms with Gasteiger partial charge in [0.05, 0.1) is 10.6 Å². The highest BCUT2D eigenvalue weighted by Gasteiger charge is 2.09. The van der Waals surface area contributed by atoms with Crippen LogP contribution in [0, 0.1) is 0 Å². The molecule has 20 heavy (non-hydrogen) atoms. The maximum absolute atomic E-state index is 11.1. The molecule has 0 spiro atoms. The maximum Gasteiger partial charge on any atom is 0.250 e. The third-order valence-corrected chi connectivity index (χ3v) is 3.10. The number of hydrogen-bond acceptors (Lipinski definition) is 3. The van der Waals surface area contributed by atoms with Gasteiger partial charge in [-0.2, -0.15) is 0 Å². The van der Waals surface area contributed by atoms with Crippen LogP contribution >= 0.6 is 11.6 Å². The third kappa shape index (κ3) is 3.29. The standard InChI is InChI=1S/C15H14ClNO3/c16-13-9-11(5-6-12(13)15(17)19)20-14-4-2-1-3-10(14)7-8-18/h1-6,9,18H,7-8H2,(H2,17,19). The molecule has 5 heteroatoms. The second-order valence-corrected chi connectivity index (χ2v) is 4.60. The fourth-order valence-electron chi connectivity index (χ4n) is 1.82. The highest BCUT2D eigenvalue weighted by molar-refractivity contribution is 6.33. The van der Waals surface area contributed by atoms with Crippen molar-refractivity contribution in [2.24, 2.45) is 5.73 Å². The van der Waals surface area contributed by atoms with Crippen LogP contribution in [0.2, 0.25) is 5.02 Å². The van der Waals surface area contributed by atoms with E-state index < -0.39 is 5.91 Å². The molecule has 3 N–H and O–H groups in total. The predicted molar refractivity (Wildman–Crippen MR) is 77.3 cm³/mol. The van der Waals surface area contributed by atoms with Crippen LogP contribution < -0.4 is 10.5 Å². The number of nitrogens with two attached hydrogens (primary N) is 1. The van der Waals surface area contributed by atoms with E-state index in [1.165, 1.54) is 12.1 Å². The second-order valence-electron chi connectivity index (χ2n) is 4.19. The number of benzene rings is 2. The van der Waals surface area contributed by atoms with Crippen molar-refractivity contribution in [3.05, 3.63) is 58.6 Å². The van der Waals surface area contributed by atoms with Crippen molar-refractivity contribution in [3.8, 4) is 11.5 Å². The lowest BCUT2D eigenvalue weighted by Crippen LogP contribution is -2.11. The fourth-order valence-corrected chi connectivity index (χ4v) is 2.08. The zero-order valence-electron chi connectivity index (χ0n) is 10.7. The van der Waals surface area contributed by atoms with E-state index in [0.717, 1.165) is 5.56 Å². The Morgan fingerprint density at radius 3 is 2.65 bits per heavy atom. The number of ether oxygens (including phenoxy) is 1. The number of carbonyl (C=O) groups excluding carboxylic acids is 1. The van der Waals surface area contributed by atoms with Crippen molar-refractivity contribution in [2.45, 2.75) is 6.42 Å². The molecule has 2 aromatic rings. The minimum Gasteiger partial charge on any atom is -0.457 e. The molecule has 1 amide bonds. The molecular weight excluding hydrogens is 278 g/mol. The van der Waals surface area contributed by atoms with Gasteiger partial charge in [0.2, 0.25) is 5.91 Å². The Morgan fingerprint density at radius 1 is 1.25 bits per heavy atom. The molecule has 0 fully saturated rings. The molecule has 0 radical (unpaired) electrons. The summed E-state index contributed by atoms with van der Waals surface area (Å²) < 4.78 is 5.73. The van der Waals surface area contributed by atoms with Gasteiger partial charge in [0, 0.05) is 12.7 Å². The van der Waals surface area contributed by atoms with Crippen LogP contribution in [-0.4, -0.2) is 17.6 Å². The third-order valence-electron chi connectivity index (χ3n) is 2.79. The first-order valence-corrected chi connectivity index (χ1v) is 6.45. The first kappa shape index (κ1) is 14.4. The Hall–Kier alpha value is -2.04. The van der Waals surface area contributed by atoms with Crippen LogP contribution in [0.5, 0.6) is 11.5 Å². The van der Waals surface area contributed by atoms with E-state index in [-0.39, 0.29) is 17.2 Å². The Kier molecular flexibility index (Phi) is 4.61. The quantitative estimate of drug-likeness (QED) is 0.889. The number of halogens is 1. The molecule has 104 valence electrons. The molecule has 0 aliphatic carbocycles. The van der Waals surface area contributed by atoms with Crippen molar-refractivity contribution >= 4 is 17.5 Å². The van der Waals surface area contributed by atoms with Crippen LogP contribution in [0.1, 0.15) is 15.9 Å². The van der Waals surface area contributed by atoms with Gasteiger partial charge in [-0.15, -0.1) is 0 Å². The lowest BCUT2D eigenvalue weighted by atomic mass is 10.1. The van der Waals surface area contributed by atoms with Crippen LogP contribution in [-0.2, 0) is 6.42 Å². The van der Waals surface area contributed by atoms with E-state index in [0.29, 0.717) is 17.9 Å². The first-order chi connectivity index (χ1) is 9.61. The van der Waals surface area contributed by atoms with Crippen LogP contribution in [0.4, 0.5) is 0 Å². The Balaban J connectivity index is 2.26. The number of aliphatic hydroxyl groups is 1. The van der Waals surface area contributed by atoms with Crippen LogP contribution in [0.15, 0.2) is 42.5 Å². The number of primary amides is 1. The van der Waals surface area contributed by atoms with Crippen molar-refractivity contribution in [1.29, 1.82) is 0 Å². The van der Waals surface area contributed by atoms with E-state index in [1.54, 1.807) is 12.1 Å². The second kappa shape index (κ2) is 6.41. The maximum atomic E-state index is 11.1. The summed E-state index contributed by atoms with van der Waals surface area (Å²) in [5.74, 6) is 0.567. The van der Waals surface area contributed by atoms with Crippen LogP contribution in [0.3, 0.4) is 0 Å². The highest BCUT2D eigenvalue weighted by Crippen LogP contribution is 2.29. The number of para-hydroxylation sites is 1. The van der Waals surface area contributed by atoms with Crippen molar-refractivity contribution in [2.75, 3.05) is 6.61 Å². The summed E-state index contributed by atoms with van der Waals surface area (Å²) in [4.78, 5) is 11.1. The summed E-state index contributed by atoms with van der Waals surface area (Å²) >= 11 is 5.97. The van der Waals surface area contributed by atoms with Gasteiger partial charge in [-0.25, -0.2) is 0 Å². The normalized spacial score (nSPS) is 10.3. The molecule has 0 aliphatic rings. The number of hydrogen-bond donors (Lipinski definition) is 2. The number of amides is 1. The molecule has 0 bridgehead atoms. The van der Waals surface area contributed by atoms with Gasteiger partial charge in [0.1, 0.15) is 11.5 Å². The largest absolute Gasteiger partial charge is 0.457 e. The molecule has 0 saturated carbocycles. The van der Waals surface area contributed by atoms with Gasteiger partial charge in [-0.3, -0.25) is 4.79 Å². The van der Waals surface area contributed by atoms with E-state index in [4.69, 9.17) is 27.2 Å². The average molecular weight is 292 g/mol. The SMILES string of the molecule is NC(=O)c1ccc(Oc2ccccc2CCO)cc1Cl. The topological polar surface area (TPSA) is 72.6 Å². The molecule has 0 aliphatic heterocycles. The smallest absolute Gasteiger partial charge is 0.250 e. The number of carbonyl (C=O) groups is 1.